The summed E-state index contributed by atoms with van der Waals surface area (Å²) in [7, 11) is -4.61. The second-order valence-electron chi connectivity index (χ2n) is 0.600. The molecule has 0 unspecified atom stereocenters. The van der Waals surface area contributed by atoms with Crippen LogP contribution in [-0.2, 0) is 0 Å². The molecule has 0 aromatic rings. The Bertz CT molecular complexity index is 29.5. The van der Waals surface area contributed by atoms with Crippen molar-refractivity contribution in [2.75, 3.05) is 0 Å². The monoisotopic (exact) mass is 466 g/mol. The van der Waals surface area contributed by atoms with E-state index < -0.39 is 9.05 Å². The van der Waals surface area contributed by atoms with Gasteiger partial charge in [0.2, 0.25) is 0 Å². The maximum atomic E-state index is 7.33. The Kier molecular flexibility index (Phi) is 33.5. The summed E-state index contributed by atoms with van der Waals surface area (Å²) in [5, 5.41) is 0. The Balaban J connectivity index is -0.0000000267. The van der Waals surface area contributed by atoms with Gasteiger partial charge in [0.15, 0.2) is 0 Å². The zero-order valence-corrected chi connectivity index (χ0v) is 3.29. The number of hydrogen-bond acceptors (Lipinski definition) is 4. The van der Waals surface area contributed by atoms with E-state index in [9.17, 15) is 0 Å². The first-order valence-corrected chi connectivity index (χ1v) is 2.68. The molecule has 8 heavy (non-hydrogen) atoms. The molecular weight excluding hydrogens is 454 g/mol. The van der Waals surface area contributed by atoms with Crippen LogP contribution in [0.25, 0.3) is 0 Å². The van der Waals surface area contributed by atoms with Crippen LogP contribution < -0.4 is 0 Å². The molecule has 8 heteroatoms. The summed E-state index contributed by atoms with van der Waals surface area (Å²) in [5.74, 6) is 0. The van der Waals surface area contributed by atoms with E-state index >= 15 is 0 Å². The topological polar surface area (TPSA) is 80.9 Å². The van der Waals surface area contributed by atoms with Gasteiger partial charge in [-0.05, 0) is 0 Å². The third-order valence-electron chi connectivity index (χ3n) is 0. The van der Waals surface area contributed by atoms with Gasteiger partial charge in [0.25, 0.3) is 0 Å². The molecule has 44 valence electrons. The van der Waals surface area contributed by atoms with Gasteiger partial charge in [0, 0.05) is 0 Å². The SMILES string of the molecule is O[Si](O)(O)O.[BaH2].[BaH2].[SrH2]. The van der Waals surface area contributed by atoms with Crippen molar-refractivity contribution in [3.8, 4) is 0 Å². The van der Waals surface area contributed by atoms with Gasteiger partial charge in [-0.1, -0.05) is 0 Å². The molecule has 0 atom stereocenters. The molecule has 4 nitrogen and oxygen atoms in total. The molecule has 0 spiro atoms. The molecule has 4 N–H and O–H groups in total. The second kappa shape index (κ2) is 11.7. The van der Waals surface area contributed by atoms with Gasteiger partial charge in [-0.25, -0.2) is 0 Å². The quantitative estimate of drug-likeness (QED) is 0.270. The second-order valence-corrected chi connectivity index (χ2v) is 1.80. The first-order valence-electron chi connectivity index (χ1n) is 0.894. The molecule has 0 amide bonds. The minimum absolute atomic E-state index is 0. The summed E-state index contributed by atoms with van der Waals surface area (Å²) in [6.45, 7) is 0. The van der Waals surface area contributed by atoms with Crippen molar-refractivity contribution in [1.82, 2.24) is 0 Å². The van der Waals surface area contributed by atoms with Crippen molar-refractivity contribution >= 4 is 152 Å². The summed E-state index contributed by atoms with van der Waals surface area (Å²) in [6.07, 6.45) is 0. The van der Waals surface area contributed by atoms with Crippen molar-refractivity contribution in [1.29, 1.82) is 0 Å². The molecule has 0 aliphatic heterocycles. The van der Waals surface area contributed by atoms with Crippen LogP contribution in [0.3, 0.4) is 0 Å². The summed E-state index contributed by atoms with van der Waals surface area (Å²) in [4.78, 5) is 29.3. The average Bonchev–Trinajstić information content (AvgIpc) is 0.722. The van der Waals surface area contributed by atoms with E-state index in [1.165, 1.54) is 0 Å². The van der Waals surface area contributed by atoms with Crippen LogP contribution in [0.15, 0.2) is 0 Å². The standard InChI is InChI=1S/2Ba.H4O4Si.Sr.6H/c;;1-5(2,3)4;;;;;;;/h;;1-4H;;;;;;;. The van der Waals surface area contributed by atoms with E-state index in [0.717, 1.165) is 0 Å². The molecule has 0 saturated heterocycles. The minimum atomic E-state index is -4.61. The fourth-order valence-electron chi connectivity index (χ4n) is 0. The molecule has 0 aromatic heterocycles. The van der Waals surface area contributed by atoms with Crippen molar-refractivity contribution < 1.29 is 19.2 Å². The normalized spacial score (nSPS) is 7.50. The van der Waals surface area contributed by atoms with E-state index in [4.69, 9.17) is 19.2 Å². The van der Waals surface area contributed by atoms with Gasteiger partial charge in [0.1, 0.15) is 0 Å². The van der Waals surface area contributed by atoms with Crippen molar-refractivity contribution in [3.63, 3.8) is 0 Å². The van der Waals surface area contributed by atoms with Gasteiger partial charge in [0.05, 0.1) is 0 Å². The number of rotatable bonds is 0. The van der Waals surface area contributed by atoms with E-state index in [2.05, 4.69) is 0 Å². The Morgan fingerprint density at radius 3 is 0.750 bits per heavy atom. The van der Waals surface area contributed by atoms with Crippen LogP contribution in [0.4, 0.5) is 0 Å². The third kappa shape index (κ3) is 45.7. The van der Waals surface area contributed by atoms with Crippen molar-refractivity contribution in [2.45, 2.75) is 0 Å². The molecule has 0 saturated carbocycles. The third-order valence-corrected chi connectivity index (χ3v) is 0. The zero-order chi connectivity index (χ0) is 4.50. The van der Waals surface area contributed by atoms with Crippen LogP contribution in [0.5, 0.6) is 0 Å². The molecular formula is H10Ba2O4SiSr. The predicted molar refractivity (Wildman–Crippen MR) is 40.3 cm³/mol. The summed E-state index contributed by atoms with van der Waals surface area (Å²) < 4.78 is 0. The number of hydrogen-bond donors (Lipinski definition) is 4. The first-order chi connectivity index (χ1) is 2.00. The van der Waals surface area contributed by atoms with Crippen LogP contribution in [-0.4, -0.2) is 171 Å². The molecule has 0 aromatic carbocycles. The maximum absolute atomic E-state index is 7.33. The first kappa shape index (κ1) is 23.0. The molecule has 0 radical (unpaired) electrons. The van der Waals surface area contributed by atoms with Gasteiger partial charge >= 0.3 is 152 Å². The van der Waals surface area contributed by atoms with Crippen molar-refractivity contribution in [2.24, 2.45) is 0 Å². The average molecular weight is 464 g/mol. The fourth-order valence-corrected chi connectivity index (χ4v) is 0. The van der Waals surface area contributed by atoms with E-state index in [1.54, 1.807) is 0 Å². The Labute approximate surface area is 166 Å². The van der Waals surface area contributed by atoms with Crippen LogP contribution in [0, 0.1) is 0 Å². The molecule has 0 rings (SSSR count). The molecule has 0 bridgehead atoms. The van der Waals surface area contributed by atoms with Crippen LogP contribution in [0.2, 0.25) is 0 Å². The van der Waals surface area contributed by atoms with Crippen molar-refractivity contribution in [3.05, 3.63) is 0 Å². The molecule has 0 fully saturated rings. The molecule has 0 aliphatic carbocycles. The van der Waals surface area contributed by atoms with E-state index in [0.29, 0.717) is 0 Å². The summed E-state index contributed by atoms with van der Waals surface area (Å²) >= 11 is 0. The zero-order valence-electron chi connectivity index (χ0n) is 2.29. The molecule has 0 aliphatic rings. The summed E-state index contributed by atoms with van der Waals surface area (Å²) in [5.41, 5.74) is 0. The Morgan fingerprint density at radius 1 is 0.750 bits per heavy atom. The van der Waals surface area contributed by atoms with Crippen LogP contribution >= 0.6 is 0 Å². The fraction of sp³-hybridized carbons (Fsp3) is 0. The van der Waals surface area contributed by atoms with Crippen LogP contribution in [0.1, 0.15) is 0 Å². The van der Waals surface area contributed by atoms with E-state index in [-0.39, 0.29) is 143 Å². The predicted octanol–water partition coefficient (Wildman–Crippen LogP) is -5.36. The Morgan fingerprint density at radius 2 is 0.750 bits per heavy atom. The van der Waals surface area contributed by atoms with Gasteiger partial charge < -0.3 is 19.2 Å². The molecule has 0 heterocycles. The summed E-state index contributed by atoms with van der Waals surface area (Å²) in [6, 6.07) is 0. The van der Waals surface area contributed by atoms with Gasteiger partial charge in [-0.3, -0.25) is 0 Å². The van der Waals surface area contributed by atoms with E-state index in [1.807, 2.05) is 0 Å². The van der Waals surface area contributed by atoms with Gasteiger partial charge in [-0.15, -0.1) is 0 Å². The Hall–Kier alpha value is 4.68. The van der Waals surface area contributed by atoms with Gasteiger partial charge in [-0.2, -0.15) is 0 Å².